The molecule has 1 aliphatic rings. The van der Waals surface area contributed by atoms with E-state index in [0.29, 0.717) is 12.5 Å². The van der Waals surface area contributed by atoms with Crippen molar-refractivity contribution in [3.05, 3.63) is 36.0 Å². The molecule has 0 atom stereocenters. The molecule has 0 N–H and O–H groups in total. The van der Waals surface area contributed by atoms with Crippen molar-refractivity contribution in [3.8, 4) is 0 Å². The summed E-state index contributed by atoms with van der Waals surface area (Å²) in [5.74, 6) is 0.780. The molecule has 0 unspecified atom stereocenters. The van der Waals surface area contributed by atoms with E-state index in [2.05, 4.69) is 42.7 Å². The van der Waals surface area contributed by atoms with Crippen molar-refractivity contribution in [1.29, 1.82) is 0 Å². The summed E-state index contributed by atoms with van der Waals surface area (Å²) in [4.78, 5) is 14.2. The second kappa shape index (κ2) is 5.31. The third-order valence-electron chi connectivity index (χ3n) is 4.23. The highest BCUT2D eigenvalue weighted by Gasteiger charge is 2.18. The summed E-state index contributed by atoms with van der Waals surface area (Å²) in [5.41, 5.74) is 2.50. The Hall–Kier alpha value is -1.77. The zero-order valence-electron chi connectivity index (χ0n) is 12.3. The van der Waals surface area contributed by atoms with Crippen molar-refractivity contribution in [3.63, 3.8) is 0 Å². The number of hydrogen-bond donors (Lipinski definition) is 0. The third kappa shape index (κ3) is 2.45. The van der Waals surface area contributed by atoms with Gasteiger partial charge in [0.2, 0.25) is 5.91 Å². The Morgan fingerprint density at radius 1 is 1.20 bits per heavy atom. The lowest BCUT2D eigenvalue weighted by Gasteiger charge is -2.16. The van der Waals surface area contributed by atoms with E-state index in [9.17, 15) is 4.79 Å². The summed E-state index contributed by atoms with van der Waals surface area (Å²) in [6.45, 7) is 6.72. The van der Waals surface area contributed by atoms with Crippen LogP contribution in [-0.2, 0) is 11.3 Å². The maximum Gasteiger partial charge on any atom is 0.242 e. The van der Waals surface area contributed by atoms with Crippen LogP contribution < -0.4 is 0 Å². The molecule has 20 heavy (non-hydrogen) atoms. The predicted molar refractivity (Wildman–Crippen MR) is 81.8 cm³/mol. The molecular weight excluding hydrogens is 248 g/mol. The van der Waals surface area contributed by atoms with Crippen LogP contribution in [0.2, 0.25) is 0 Å². The van der Waals surface area contributed by atoms with Crippen LogP contribution in [0.1, 0.15) is 38.2 Å². The quantitative estimate of drug-likeness (QED) is 0.839. The lowest BCUT2D eigenvalue weighted by atomic mass is 10.0. The average Bonchev–Trinajstić information content (AvgIpc) is 3.07. The molecule has 3 nitrogen and oxygen atoms in total. The number of aromatic nitrogens is 1. The van der Waals surface area contributed by atoms with Crippen LogP contribution in [0.3, 0.4) is 0 Å². The fourth-order valence-electron chi connectivity index (χ4n) is 2.93. The number of amides is 1. The molecule has 1 aromatic carbocycles. The first-order valence-corrected chi connectivity index (χ1v) is 7.52. The number of carbonyl (C=O) groups is 1. The second-order valence-corrected chi connectivity index (χ2v) is 6.00. The zero-order valence-corrected chi connectivity index (χ0v) is 12.3. The number of hydrogen-bond acceptors (Lipinski definition) is 1. The maximum absolute atomic E-state index is 12.2. The Kier molecular flexibility index (Phi) is 3.51. The molecule has 1 amide bonds. The second-order valence-electron chi connectivity index (χ2n) is 6.00. The maximum atomic E-state index is 12.2. The van der Waals surface area contributed by atoms with Gasteiger partial charge >= 0.3 is 0 Å². The van der Waals surface area contributed by atoms with E-state index in [1.165, 1.54) is 10.9 Å². The summed E-state index contributed by atoms with van der Waals surface area (Å²) in [7, 11) is 0. The van der Waals surface area contributed by atoms with Crippen LogP contribution in [0.15, 0.2) is 30.5 Å². The largest absolute Gasteiger partial charge is 0.341 e. The highest BCUT2D eigenvalue weighted by molar-refractivity contribution is 5.84. The number of carbonyl (C=O) groups excluding carboxylic acids is 1. The smallest absolute Gasteiger partial charge is 0.242 e. The van der Waals surface area contributed by atoms with Crippen molar-refractivity contribution >= 4 is 16.8 Å². The molecule has 2 aromatic rings. The van der Waals surface area contributed by atoms with Crippen molar-refractivity contribution in [2.45, 2.75) is 39.2 Å². The van der Waals surface area contributed by atoms with Crippen molar-refractivity contribution in [2.24, 2.45) is 0 Å². The molecule has 3 heteroatoms. The molecule has 0 aliphatic carbocycles. The average molecular weight is 270 g/mol. The first-order chi connectivity index (χ1) is 9.65. The zero-order chi connectivity index (χ0) is 14.1. The van der Waals surface area contributed by atoms with Gasteiger partial charge in [0.15, 0.2) is 0 Å². The highest BCUT2D eigenvalue weighted by atomic mass is 16.2. The van der Waals surface area contributed by atoms with E-state index in [4.69, 9.17) is 0 Å². The van der Waals surface area contributed by atoms with Crippen molar-refractivity contribution in [2.75, 3.05) is 13.1 Å². The van der Waals surface area contributed by atoms with Gasteiger partial charge in [-0.2, -0.15) is 0 Å². The van der Waals surface area contributed by atoms with Gasteiger partial charge < -0.3 is 9.47 Å². The monoisotopic (exact) mass is 270 g/mol. The molecule has 0 spiro atoms. The van der Waals surface area contributed by atoms with E-state index in [1.807, 2.05) is 11.1 Å². The molecule has 106 valence electrons. The van der Waals surface area contributed by atoms with Gasteiger partial charge in [-0.25, -0.2) is 0 Å². The topological polar surface area (TPSA) is 25.2 Å². The van der Waals surface area contributed by atoms with Gasteiger partial charge in [-0.05, 0) is 47.9 Å². The lowest BCUT2D eigenvalue weighted by Crippen LogP contribution is -2.30. The van der Waals surface area contributed by atoms with E-state index in [-0.39, 0.29) is 5.91 Å². The van der Waals surface area contributed by atoms with E-state index in [1.54, 1.807) is 0 Å². The molecule has 1 fully saturated rings. The SMILES string of the molecule is CC(C)c1ccc2c(ccn2CC(=O)N2CCCC2)c1. The highest BCUT2D eigenvalue weighted by Crippen LogP contribution is 2.22. The summed E-state index contributed by atoms with van der Waals surface area (Å²) >= 11 is 0. The molecule has 1 aliphatic heterocycles. The first-order valence-electron chi connectivity index (χ1n) is 7.52. The van der Waals surface area contributed by atoms with E-state index >= 15 is 0 Å². The number of likely N-dealkylation sites (tertiary alicyclic amines) is 1. The summed E-state index contributed by atoms with van der Waals surface area (Å²) in [6.07, 6.45) is 4.33. The van der Waals surface area contributed by atoms with Crippen LogP contribution in [0.5, 0.6) is 0 Å². The van der Waals surface area contributed by atoms with Gasteiger partial charge in [0.05, 0.1) is 0 Å². The minimum atomic E-state index is 0.243. The van der Waals surface area contributed by atoms with Crippen LogP contribution in [0.4, 0.5) is 0 Å². The Morgan fingerprint density at radius 3 is 2.65 bits per heavy atom. The Balaban J connectivity index is 1.83. The Morgan fingerprint density at radius 2 is 1.95 bits per heavy atom. The van der Waals surface area contributed by atoms with Crippen LogP contribution in [-0.4, -0.2) is 28.5 Å². The minimum Gasteiger partial charge on any atom is -0.341 e. The van der Waals surface area contributed by atoms with E-state index < -0.39 is 0 Å². The van der Waals surface area contributed by atoms with Crippen molar-refractivity contribution in [1.82, 2.24) is 9.47 Å². The van der Waals surface area contributed by atoms with Gasteiger partial charge in [-0.1, -0.05) is 19.9 Å². The molecule has 3 rings (SSSR count). The van der Waals surface area contributed by atoms with Crippen LogP contribution in [0.25, 0.3) is 10.9 Å². The fourth-order valence-corrected chi connectivity index (χ4v) is 2.93. The summed E-state index contributed by atoms with van der Waals surface area (Å²) in [5, 5.41) is 1.23. The number of fused-ring (bicyclic) bond motifs is 1. The lowest BCUT2D eigenvalue weighted by molar-refractivity contribution is -0.130. The van der Waals surface area contributed by atoms with Gasteiger partial charge in [0.25, 0.3) is 0 Å². The molecule has 0 radical (unpaired) electrons. The number of benzene rings is 1. The van der Waals surface area contributed by atoms with Gasteiger partial charge in [0, 0.05) is 24.8 Å². The molecular formula is C17H22N2O. The molecule has 2 heterocycles. The van der Waals surface area contributed by atoms with Gasteiger partial charge in [-0.15, -0.1) is 0 Å². The Labute approximate surface area is 120 Å². The molecule has 1 aromatic heterocycles. The fraction of sp³-hybridized carbons (Fsp3) is 0.471. The predicted octanol–water partition coefficient (Wildman–Crippen LogP) is 3.39. The minimum absolute atomic E-state index is 0.243. The third-order valence-corrected chi connectivity index (χ3v) is 4.23. The Bertz CT molecular complexity index is 621. The normalized spacial score (nSPS) is 15.4. The number of nitrogens with zero attached hydrogens (tertiary/aromatic N) is 2. The van der Waals surface area contributed by atoms with Crippen LogP contribution in [0, 0.1) is 0 Å². The first kappa shape index (κ1) is 13.2. The number of rotatable bonds is 3. The molecule has 1 saturated heterocycles. The van der Waals surface area contributed by atoms with Crippen molar-refractivity contribution < 1.29 is 4.79 Å². The summed E-state index contributed by atoms with van der Waals surface area (Å²) in [6, 6.07) is 8.65. The van der Waals surface area contributed by atoms with Gasteiger partial charge in [-0.3, -0.25) is 4.79 Å². The molecule has 0 bridgehead atoms. The summed E-state index contributed by atoms with van der Waals surface area (Å²) < 4.78 is 2.07. The van der Waals surface area contributed by atoms with Crippen LogP contribution >= 0.6 is 0 Å². The molecule has 0 saturated carbocycles. The van der Waals surface area contributed by atoms with Gasteiger partial charge in [0.1, 0.15) is 6.54 Å². The standard InChI is InChI=1S/C17H22N2O/c1-13(2)14-5-6-16-15(11-14)7-10-19(16)12-17(20)18-8-3-4-9-18/h5-7,10-11,13H,3-4,8-9,12H2,1-2H3. The van der Waals surface area contributed by atoms with E-state index in [0.717, 1.165) is 31.4 Å².